The topological polar surface area (TPSA) is 64.2 Å². The molecule has 0 aliphatic heterocycles. The first-order chi connectivity index (χ1) is 6.35. The van der Waals surface area contributed by atoms with Crippen molar-refractivity contribution in [2.75, 3.05) is 19.0 Å². The van der Waals surface area contributed by atoms with Gasteiger partial charge in [-0.15, -0.1) is 11.8 Å². The Morgan fingerprint density at radius 1 is 1.46 bits per heavy atom. The number of aliphatic hydroxyl groups excluding tert-OH is 2. The number of nitriles is 1. The second-order valence-electron chi connectivity index (χ2n) is 2.00. The van der Waals surface area contributed by atoms with E-state index in [1.165, 1.54) is 11.8 Å². The monoisotopic (exact) mass is 197 g/mol. The third-order valence-corrected chi connectivity index (χ3v) is 2.10. The van der Waals surface area contributed by atoms with Crippen molar-refractivity contribution >= 4 is 11.8 Å². The van der Waals surface area contributed by atoms with Gasteiger partial charge in [0, 0.05) is 23.2 Å². The number of hydrogen-bond acceptors (Lipinski definition) is 4. The van der Waals surface area contributed by atoms with E-state index < -0.39 is 0 Å². The number of aliphatic hydroxyl groups is 2. The molecule has 0 atom stereocenters. The molecule has 0 aliphatic carbocycles. The molecule has 0 aromatic carbocycles. The van der Waals surface area contributed by atoms with Gasteiger partial charge in [-0.2, -0.15) is 5.26 Å². The first-order valence-electron chi connectivity index (χ1n) is 3.74. The van der Waals surface area contributed by atoms with Crippen molar-refractivity contribution in [3.8, 4) is 17.9 Å². The zero-order valence-corrected chi connectivity index (χ0v) is 7.97. The molecule has 0 saturated heterocycles. The van der Waals surface area contributed by atoms with Crippen LogP contribution in [0.2, 0.25) is 0 Å². The maximum Gasteiger partial charge on any atom is 0.104 e. The summed E-state index contributed by atoms with van der Waals surface area (Å²) in [5.41, 5.74) is 0. The van der Waals surface area contributed by atoms with Crippen molar-refractivity contribution in [2.45, 2.75) is 6.42 Å². The number of thioether (sulfide) groups is 1. The Bertz CT molecular complexity index is 257. The van der Waals surface area contributed by atoms with E-state index in [4.69, 9.17) is 15.5 Å². The van der Waals surface area contributed by atoms with Gasteiger partial charge < -0.3 is 10.2 Å². The highest BCUT2D eigenvalue weighted by Crippen LogP contribution is 2.14. The standard InChI is InChI=1S/C9H11NO2S/c10-5-3-7-13-9(8-12)4-1-2-6-11/h4,11-12H,3,6-8H2/b9-4-. The van der Waals surface area contributed by atoms with E-state index in [1.54, 1.807) is 6.08 Å². The van der Waals surface area contributed by atoms with Crippen molar-refractivity contribution in [1.29, 1.82) is 5.26 Å². The van der Waals surface area contributed by atoms with Gasteiger partial charge in [0.2, 0.25) is 0 Å². The highest BCUT2D eigenvalue weighted by atomic mass is 32.2. The lowest BCUT2D eigenvalue weighted by molar-refractivity contribution is 0.339. The van der Waals surface area contributed by atoms with Gasteiger partial charge >= 0.3 is 0 Å². The van der Waals surface area contributed by atoms with Gasteiger partial charge in [0.1, 0.15) is 6.61 Å². The van der Waals surface area contributed by atoms with Crippen LogP contribution in [0.1, 0.15) is 6.42 Å². The Morgan fingerprint density at radius 3 is 2.77 bits per heavy atom. The number of hydrogen-bond donors (Lipinski definition) is 2. The predicted molar refractivity (Wildman–Crippen MR) is 52.7 cm³/mol. The summed E-state index contributed by atoms with van der Waals surface area (Å²) < 4.78 is 0. The molecule has 2 N–H and O–H groups in total. The molecule has 0 aromatic heterocycles. The van der Waals surface area contributed by atoms with Crippen molar-refractivity contribution < 1.29 is 10.2 Å². The van der Waals surface area contributed by atoms with E-state index in [2.05, 4.69) is 11.8 Å². The van der Waals surface area contributed by atoms with E-state index in [-0.39, 0.29) is 13.2 Å². The number of allylic oxidation sites excluding steroid dienone is 1. The maximum absolute atomic E-state index is 8.82. The van der Waals surface area contributed by atoms with Crippen LogP contribution in [0.3, 0.4) is 0 Å². The predicted octanol–water partition coefficient (Wildman–Crippen LogP) is 0.505. The van der Waals surface area contributed by atoms with Crippen LogP contribution < -0.4 is 0 Å². The van der Waals surface area contributed by atoms with Gasteiger partial charge in [0.15, 0.2) is 0 Å². The lowest BCUT2D eigenvalue weighted by Gasteiger charge is -1.97. The van der Waals surface area contributed by atoms with Crippen molar-refractivity contribution in [3.05, 3.63) is 11.0 Å². The molecular formula is C9H11NO2S. The first kappa shape index (κ1) is 12.1. The van der Waals surface area contributed by atoms with Gasteiger partial charge in [0.05, 0.1) is 12.7 Å². The summed E-state index contributed by atoms with van der Waals surface area (Å²) in [6.45, 7) is -0.256. The second-order valence-corrected chi connectivity index (χ2v) is 3.23. The van der Waals surface area contributed by atoms with Crippen LogP contribution in [-0.2, 0) is 0 Å². The largest absolute Gasteiger partial charge is 0.391 e. The van der Waals surface area contributed by atoms with Crippen molar-refractivity contribution in [1.82, 2.24) is 0 Å². The van der Waals surface area contributed by atoms with E-state index in [9.17, 15) is 0 Å². The minimum atomic E-state index is -0.182. The van der Waals surface area contributed by atoms with Crippen molar-refractivity contribution in [2.24, 2.45) is 0 Å². The van der Waals surface area contributed by atoms with Crippen LogP contribution in [0.25, 0.3) is 0 Å². The summed E-state index contributed by atoms with van der Waals surface area (Å²) in [7, 11) is 0. The molecule has 0 bridgehead atoms. The van der Waals surface area contributed by atoms with Crippen LogP contribution in [-0.4, -0.2) is 29.2 Å². The summed E-state index contributed by atoms with van der Waals surface area (Å²) >= 11 is 1.40. The second kappa shape index (κ2) is 9.15. The van der Waals surface area contributed by atoms with E-state index in [1.807, 2.05) is 6.07 Å². The fourth-order valence-electron chi connectivity index (χ4n) is 0.538. The summed E-state index contributed by atoms with van der Waals surface area (Å²) in [5, 5.41) is 25.4. The normalized spacial score (nSPS) is 10.1. The average Bonchev–Trinajstić information content (AvgIpc) is 2.16. The molecule has 0 aliphatic rings. The zero-order chi connectivity index (χ0) is 9.94. The lowest BCUT2D eigenvalue weighted by Crippen LogP contribution is -1.87. The SMILES string of the molecule is N#CCCS/C(=C\C#CCO)CO. The minimum absolute atomic E-state index is 0.0732. The fourth-order valence-corrected chi connectivity index (χ4v) is 1.23. The molecule has 4 heteroatoms. The van der Waals surface area contributed by atoms with Crippen LogP contribution in [0, 0.1) is 23.2 Å². The quantitative estimate of drug-likeness (QED) is 0.509. The molecular weight excluding hydrogens is 186 g/mol. The molecule has 0 saturated carbocycles. The first-order valence-corrected chi connectivity index (χ1v) is 4.72. The van der Waals surface area contributed by atoms with Gasteiger partial charge in [0.25, 0.3) is 0 Å². The highest BCUT2D eigenvalue weighted by Gasteiger charge is 1.94. The number of rotatable bonds is 4. The van der Waals surface area contributed by atoms with E-state index >= 15 is 0 Å². The van der Waals surface area contributed by atoms with Gasteiger partial charge in [-0.05, 0) is 0 Å². The molecule has 0 amide bonds. The van der Waals surface area contributed by atoms with Gasteiger partial charge in [-0.25, -0.2) is 0 Å². The Morgan fingerprint density at radius 2 is 2.23 bits per heavy atom. The molecule has 0 heterocycles. The zero-order valence-electron chi connectivity index (χ0n) is 7.16. The van der Waals surface area contributed by atoms with E-state index in [0.29, 0.717) is 12.2 Å². The third kappa shape index (κ3) is 7.42. The minimum Gasteiger partial charge on any atom is -0.391 e. The number of nitrogens with zero attached hydrogens (tertiary/aromatic N) is 1. The molecule has 0 fully saturated rings. The smallest absolute Gasteiger partial charge is 0.104 e. The van der Waals surface area contributed by atoms with Crippen LogP contribution in [0.5, 0.6) is 0 Å². The molecule has 70 valence electrons. The Hall–Kier alpha value is -0.940. The Kier molecular flexibility index (Phi) is 8.49. The molecule has 0 radical (unpaired) electrons. The Labute approximate surface area is 82.1 Å². The summed E-state index contributed by atoms with van der Waals surface area (Å²) in [4.78, 5) is 0.719. The van der Waals surface area contributed by atoms with Crippen molar-refractivity contribution in [3.63, 3.8) is 0 Å². The average molecular weight is 197 g/mol. The van der Waals surface area contributed by atoms with Crippen LogP contribution in [0.15, 0.2) is 11.0 Å². The van der Waals surface area contributed by atoms with Gasteiger partial charge in [-0.1, -0.05) is 11.8 Å². The summed E-state index contributed by atoms with van der Waals surface area (Å²) in [6, 6.07) is 2.01. The lowest BCUT2D eigenvalue weighted by atomic mass is 10.5. The highest BCUT2D eigenvalue weighted by molar-refractivity contribution is 8.03. The molecule has 0 spiro atoms. The molecule has 0 unspecified atom stereocenters. The molecule has 0 rings (SSSR count). The van der Waals surface area contributed by atoms with Gasteiger partial charge in [-0.3, -0.25) is 0 Å². The van der Waals surface area contributed by atoms with E-state index in [0.717, 1.165) is 4.91 Å². The maximum atomic E-state index is 8.82. The summed E-state index contributed by atoms with van der Waals surface area (Å²) in [5.74, 6) is 5.69. The summed E-state index contributed by atoms with van der Waals surface area (Å²) in [6.07, 6.45) is 2.01. The molecule has 3 nitrogen and oxygen atoms in total. The van der Waals surface area contributed by atoms with Crippen LogP contribution in [0.4, 0.5) is 0 Å². The Balaban J connectivity index is 3.88. The molecule has 0 aromatic rings. The fraction of sp³-hybridized carbons (Fsp3) is 0.444. The molecule has 13 heavy (non-hydrogen) atoms. The third-order valence-electron chi connectivity index (χ3n) is 1.07. The van der Waals surface area contributed by atoms with Crippen LogP contribution >= 0.6 is 11.8 Å².